The predicted octanol–water partition coefficient (Wildman–Crippen LogP) is 5.74. The first-order valence-corrected chi connectivity index (χ1v) is 13.3. The summed E-state index contributed by atoms with van der Waals surface area (Å²) < 4.78 is 6.02. The Morgan fingerprint density at radius 1 is 1.08 bits per heavy atom. The largest absolute Gasteiger partial charge is 0.492 e. The normalized spacial score (nSPS) is 17.6. The Balaban J connectivity index is 1.67. The number of hydrogen-bond acceptors (Lipinski definition) is 5. The minimum atomic E-state index is -0.268. The third kappa shape index (κ3) is 7.10. The van der Waals surface area contributed by atoms with Gasteiger partial charge in [0.25, 0.3) is 5.91 Å². The van der Waals surface area contributed by atoms with E-state index in [0.717, 1.165) is 48.1 Å². The van der Waals surface area contributed by atoms with Crippen molar-refractivity contribution < 1.29 is 14.6 Å². The second-order valence-electron chi connectivity index (χ2n) is 10.0. The number of carbonyl (C=O) groups excluding carboxylic acids is 1. The summed E-state index contributed by atoms with van der Waals surface area (Å²) in [4.78, 5) is 20.1. The maximum absolute atomic E-state index is 13.2. The molecule has 1 fully saturated rings. The van der Waals surface area contributed by atoms with E-state index in [0.29, 0.717) is 41.6 Å². The molecule has 1 aliphatic carbocycles. The number of amides is 1. The summed E-state index contributed by atoms with van der Waals surface area (Å²) in [6, 6.07) is 17.6. The van der Waals surface area contributed by atoms with Gasteiger partial charge in [-0.1, -0.05) is 41.9 Å². The molecule has 1 aliphatic rings. The topological polar surface area (TPSA) is 74.7 Å². The number of nitrogens with one attached hydrogen (secondary N) is 1. The van der Waals surface area contributed by atoms with Crippen LogP contribution in [0, 0.1) is 6.92 Å². The summed E-state index contributed by atoms with van der Waals surface area (Å²) in [5.41, 5.74) is 5.02. The van der Waals surface area contributed by atoms with Crippen molar-refractivity contribution in [2.75, 3.05) is 27.2 Å². The van der Waals surface area contributed by atoms with Crippen molar-refractivity contribution in [1.29, 1.82) is 0 Å². The first-order chi connectivity index (χ1) is 17.8. The molecule has 1 amide bonds. The molecular weight excluding hydrogens is 486 g/mol. The van der Waals surface area contributed by atoms with Crippen LogP contribution in [-0.4, -0.2) is 60.3 Å². The van der Waals surface area contributed by atoms with Crippen LogP contribution in [0.15, 0.2) is 54.6 Å². The van der Waals surface area contributed by atoms with Crippen LogP contribution >= 0.6 is 11.6 Å². The molecule has 6 nitrogen and oxygen atoms in total. The van der Waals surface area contributed by atoms with Crippen LogP contribution < -0.4 is 10.1 Å². The fraction of sp³-hybridized carbons (Fsp3) is 0.400. The molecule has 196 valence electrons. The zero-order chi connectivity index (χ0) is 26.4. The molecule has 2 N–H and O–H groups in total. The Labute approximate surface area is 224 Å². The van der Waals surface area contributed by atoms with Gasteiger partial charge in [-0.25, -0.2) is 4.98 Å². The van der Waals surface area contributed by atoms with Crippen molar-refractivity contribution in [3.05, 3.63) is 70.9 Å². The molecule has 7 heteroatoms. The number of hydrogen-bond donors (Lipinski definition) is 2. The lowest BCUT2D eigenvalue weighted by Crippen LogP contribution is -2.38. The van der Waals surface area contributed by atoms with Crippen LogP contribution in [0.2, 0.25) is 5.02 Å². The zero-order valence-electron chi connectivity index (χ0n) is 21.8. The Morgan fingerprint density at radius 3 is 2.57 bits per heavy atom. The number of nitrogens with zero attached hydrogens (tertiary/aromatic N) is 2. The highest BCUT2D eigenvalue weighted by molar-refractivity contribution is 6.32. The highest BCUT2D eigenvalue weighted by Crippen LogP contribution is 2.36. The second-order valence-corrected chi connectivity index (χ2v) is 10.4. The Kier molecular flexibility index (Phi) is 9.19. The molecule has 1 aromatic heterocycles. The number of aromatic nitrogens is 1. The molecule has 0 aliphatic heterocycles. The molecule has 1 saturated carbocycles. The van der Waals surface area contributed by atoms with Crippen molar-refractivity contribution in [3.63, 3.8) is 0 Å². The van der Waals surface area contributed by atoms with Gasteiger partial charge in [0, 0.05) is 23.7 Å². The first kappa shape index (κ1) is 27.1. The van der Waals surface area contributed by atoms with E-state index in [2.05, 4.69) is 29.3 Å². The minimum Gasteiger partial charge on any atom is -0.492 e. The molecule has 0 bridgehead atoms. The van der Waals surface area contributed by atoms with Crippen molar-refractivity contribution >= 4 is 17.5 Å². The summed E-state index contributed by atoms with van der Waals surface area (Å²) >= 11 is 6.47. The average Bonchev–Trinajstić information content (AvgIpc) is 2.89. The molecule has 0 atom stereocenters. The van der Waals surface area contributed by atoms with Crippen LogP contribution in [0.1, 0.15) is 48.2 Å². The van der Waals surface area contributed by atoms with Gasteiger partial charge in [-0.05, 0) is 88.5 Å². The molecule has 37 heavy (non-hydrogen) atoms. The highest BCUT2D eigenvalue weighted by Gasteiger charge is 2.23. The van der Waals surface area contributed by atoms with Gasteiger partial charge in [0.2, 0.25) is 0 Å². The van der Waals surface area contributed by atoms with Crippen molar-refractivity contribution in [3.8, 4) is 28.1 Å². The molecule has 0 saturated heterocycles. The molecule has 3 aromatic rings. The number of halogens is 1. The van der Waals surface area contributed by atoms with E-state index < -0.39 is 0 Å². The first-order valence-electron chi connectivity index (χ1n) is 12.9. The van der Waals surface area contributed by atoms with Crippen molar-refractivity contribution in [2.45, 2.75) is 51.2 Å². The van der Waals surface area contributed by atoms with E-state index in [1.807, 2.05) is 50.5 Å². The van der Waals surface area contributed by atoms with Gasteiger partial charge in [0.15, 0.2) is 0 Å². The highest BCUT2D eigenvalue weighted by atomic mass is 35.5. The van der Waals surface area contributed by atoms with Gasteiger partial charge in [0.1, 0.15) is 11.4 Å². The number of aryl methyl sites for hydroxylation is 1. The van der Waals surface area contributed by atoms with Gasteiger partial charge >= 0.3 is 0 Å². The smallest absolute Gasteiger partial charge is 0.270 e. The number of carbonyl (C=O) groups is 1. The number of pyridine rings is 1. The van der Waals surface area contributed by atoms with Crippen LogP contribution in [0.25, 0.3) is 22.4 Å². The van der Waals surface area contributed by atoms with Crippen LogP contribution in [-0.2, 0) is 0 Å². The molecule has 2 aromatic carbocycles. The van der Waals surface area contributed by atoms with E-state index in [-0.39, 0.29) is 18.1 Å². The lowest BCUT2D eigenvalue weighted by atomic mass is 9.93. The van der Waals surface area contributed by atoms with E-state index in [1.54, 1.807) is 6.07 Å². The number of aliphatic hydroxyl groups is 1. The maximum Gasteiger partial charge on any atom is 0.270 e. The van der Waals surface area contributed by atoms with Crippen LogP contribution in [0.3, 0.4) is 0 Å². The van der Waals surface area contributed by atoms with E-state index in [9.17, 15) is 9.90 Å². The zero-order valence-corrected chi connectivity index (χ0v) is 22.6. The van der Waals surface area contributed by atoms with E-state index in [4.69, 9.17) is 21.3 Å². The Hall–Kier alpha value is -2.93. The van der Waals surface area contributed by atoms with Gasteiger partial charge in [-0.3, -0.25) is 4.79 Å². The Bertz CT molecular complexity index is 1220. The van der Waals surface area contributed by atoms with Gasteiger partial charge in [-0.2, -0.15) is 0 Å². The maximum atomic E-state index is 13.2. The molecule has 0 radical (unpaired) electrons. The van der Waals surface area contributed by atoms with Gasteiger partial charge in [0.05, 0.1) is 23.4 Å². The molecule has 0 spiro atoms. The van der Waals surface area contributed by atoms with Crippen LogP contribution in [0.5, 0.6) is 5.75 Å². The van der Waals surface area contributed by atoms with E-state index in [1.165, 1.54) is 0 Å². The monoisotopic (exact) mass is 521 g/mol. The summed E-state index contributed by atoms with van der Waals surface area (Å²) in [6.45, 7) is 3.55. The molecule has 0 unspecified atom stereocenters. The van der Waals surface area contributed by atoms with Crippen LogP contribution in [0.4, 0.5) is 0 Å². The van der Waals surface area contributed by atoms with Gasteiger partial charge in [-0.15, -0.1) is 0 Å². The number of ether oxygens (including phenoxy) is 1. The number of aliphatic hydroxyl groups excluding tert-OH is 1. The molecule has 4 rings (SSSR count). The van der Waals surface area contributed by atoms with E-state index >= 15 is 0 Å². The average molecular weight is 522 g/mol. The lowest BCUT2D eigenvalue weighted by molar-refractivity contribution is 0.0863. The fourth-order valence-corrected chi connectivity index (χ4v) is 4.87. The van der Waals surface area contributed by atoms with Crippen molar-refractivity contribution in [2.24, 2.45) is 0 Å². The number of rotatable bonds is 9. The van der Waals surface area contributed by atoms with Crippen molar-refractivity contribution in [1.82, 2.24) is 15.2 Å². The third-order valence-electron chi connectivity index (χ3n) is 6.81. The lowest BCUT2D eigenvalue weighted by Gasteiger charge is -2.26. The summed E-state index contributed by atoms with van der Waals surface area (Å²) in [6.07, 6.45) is 3.57. The molecule has 1 heterocycles. The second kappa shape index (κ2) is 12.5. The quantitative estimate of drug-likeness (QED) is 0.351. The molecular formula is C30H36ClN3O3. The SMILES string of the molecule is Cc1ccccc1-c1ccc(C(=O)NC2CCC(O)CC2)nc1-c1ccc(Cl)c(OCCCN(C)C)c1. The fourth-order valence-electron chi connectivity index (χ4n) is 4.70. The predicted molar refractivity (Wildman–Crippen MR) is 149 cm³/mol. The summed E-state index contributed by atoms with van der Waals surface area (Å²) in [5, 5.41) is 13.4. The summed E-state index contributed by atoms with van der Waals surface area (Å²) in [5.74, 6) is 0.402. The van der Waals surface area contributed by atoms with Gasteiger partial charge < -0.3 is 20.1 Å². The summed E-state index contributed by atoms with van der Waals surface area (Å²) in [7, 11) is 4.07. The third-order valence-corrected chi connectivity index (χ3v) is 7.12. The number of benzene rings is 2. The standard InChI is InChI=1S/C30H36ClN3O3/c1-20-7-4-5-8-24(20)25-14-16-27(30(36)32-22-10-12-23(35)13-11-22)33-29(25)21-9-15-26(31)28(19-21)37-18-6-17-34(2)3/h4-5,7-9,14-16,19,22-23,35H,6,10-13,17-18H2,1-3H3,(H,32,36). The Morgan fingerprint density at radius 2 is 1.84 bits per heavy atom. The minimum absolute atomic E-state index is 0.0508.